The highest BCUT2D eigenvalue weighted by Gasteiger charge is 2.41. The molecule has 0 aliphatic rings. The molecule has 0 rings (SSSR count). The maximum atomic E-state index is 12.4. The molecule has 5 heteroatoms. The van der Waals surface area contributed by atoms with Gasteiger partial charge in [-0.25, -0.2) is 0 Å². The molecule has 0 saturated heterocycles. The molecule has 0 bridgehead atoms. The summed E-state index contributed by atoms with van der Waals surface area (Å²) in [5.74, 6) is -0.877. The van der Waals surface area contributed by atoms with Gasteiger partial charge in [0.1, 0.15) is 0 Å². The molecule has 0 N–H and O–H groups in total. The summed E-state index contributed by atoms with van der Waals surface area (Å²) in [6.07, 6.45) is -1.09. The Hall–Kier alpha value is -0.740. The Labute approximate surface area is 101 Å². The van der Waals surface area contributed by atoms with Gasteiger partial charge < -0.3 is 4.74 Å². The Morgan fingerprint density at radius 1 is 1.12 bits per heavy atom. The third-order valence-corrected chi connectivity index (χ3v) is 2.49. The minimum absolute atomic E-state index is 0.130. The molecule has 1 atom stereocenters. The molecule has 0 heterocycles. The topological polar surface area (TPSA) is 26.3 Å². The zero-order valence-electron chi connectivity index (χ0n) is 10.5. The molecule has 0 aliphatic carbocycles. The van der Waals surface area contributed by atoms with Crippen molar-refractivity contribution in [3.8, 4) is 0 Å². The molecule has 17 heavy (non-hydrogen) atoms. The predicted molar refractivity (Wildman–Crippen MR) is 59.6 cm³/mol. The van der Waals surface area contributed by atoms with Crippen LogP contribution in [-0.4, -0.2) is 18.2 Å². The molecule has 0 aromatic heterocycles. The van der Waals surface area contributed by atoms with E-state index in [1.54, 1.807) is 0 Å². The highest BCUT2D eigenvalue weighted by Crippen LogP contribution is 2.27. The Bertz CT molecular complexity index is 214. The first kappa shape index (κ1) is 16.3. The number of alkyl halides is 3. The van der Waals surface area contributed by atoms with E-state index in [0.29, 0.717) is 6.42 Å². The third-order valence-electron chi connectivity index (χ3n) is 2.49. The van der Waals surface area contributed by atoms with Crippen molar-refractivity contribution in [2.45, 2.75) is 71.1 Å². The number of hydrogen-bond donors (Lipinski definition) is 0. The summed E-state index contributed by atoms with van der Waals surface area (Å²) < 4.78 is 41.6. The first-order chi connectivity index (χ1) is 7.88. The van der Waals surface area contributed by atoms with Gasteiger partial charge in [0, 0.05) is 6.92 Å². The number of carbonyl (C=O) groups is 1. The number of carbonyl (C=O) groups excluding carboxylic acids is 1. The predicted octanol–water partition coefficient (Wildman–Crippen LogP) is 4.23. The maximum Gasteiger partial charge on any atom is 0.425 e. The lowest BCUT2D eigenvalue weighted by molar-refractivity contribution is -0.221. The lowest BCUT2D eigenvalue weighted by atomic mass is 10.1. The lowest BCUT2D eigenvalue weighted by Gasteiger charge is -2.19. The maximum absolute atomic E-state index is 12.4. The van der Waals surface area contributed by atoms with E-state index in [2.05, 4.69) is 11.7 Å². The number of esters is 1. The molecule has 0 amide bonds. The molecule has 0 radical (unpaired) electrons. The molecular formula is C12H21F3O2. The van der Waals surface area contributed by atoms with Gasteiger partial charge in [0.05, 0.1) is 0 Å². The molecule has 0 saturated carbocycles. The van der Waals surface area contributed by atoms with Crippen LogP contribution in [0.4, 0.5) is 13.2 Å². The van der Waals surface area contributed by atoms with Crippen molar-refractivity contribution < 1.29 is 22.7 Å². The highest BCUT2D eigenvalue weighted by molar-refractivity contribution is 5.66. The summed E-state index contributed by atoms with van der Waals surface area (Å²) in [7, 11) is 0. The minimum atomic E-state index is -4.45. The molecule has 0 fully saturated rings. The van der Waals surface area contributed by atoms with Gasteiger partial charge in [-0.1, -0.05) is 39.0 Å². The summed E-state index contributed by atoms with van der Waals surface area (Å²) in [5.41, 5.74) is 0. The highest BCUT2D eigenvalue weighted by atomic mass is 19.4. The van der Waals surface area contributed by atoms with E-state index in [1.807, 2.05) is 0 Å². The van der Waals surface area contributed by atoms with Gasteiger partial charge in [0.2, 0.25) is 0 Å². The van der Waals surface area contributed by atoms with Crippen molar-refractivity contribution in [3.05, 3.63) is 0 Å². The van der Waals surface area contributed by atoms with Crippen LogP contribution in [0.25, 0.3) is 0 Å². The second-order valence-electron chi connectivity index (χ2n) is 4.20. The van der Waals surface area contributed by atoms with Crippen LogP contribution >= 0.6 is 0 Å². The van der Waals surface area contributed by atoms with Crippen LogP contribution in [0, 0.1) is 0 Å². The zero-order valence-corrected chi connectivity index (χ0v) is 10.5. The minimum Gasteiger partial charge on any atom is -0.453 e. The Kier molecular flexibility index (Phi) is 8.00. The first-order valence-corrected chi connectivity index (χ1v) is 6.11. The zero-order chi connectivity index (χ0) is 13.3. The summed E-state index contributed by atoms with van der Waals surface area (Å²) in [6, 6.07) is 0. The van der Waals surface area contributed by atoms with Gasteiger partial charge in [0.15, 0.2) is 6.10 Å². The van der Waals surface area contributed by atoms with E-state index in [0.717, 1.165) is 39.0 Å². The normalized spacial score (nSPS) is 13.5. The summed E-state index contributed by atoms with van der Waals surface area (Å²) in [6.45, 7) is 3.08. The lowest BCUT2D eigenvalue weighted by Crippen LogP contribution is -2.33. The second kappa shape index (κ2) is 8.37. The Morgan fingerprint density at radius 3 is 2.12 bits per heavy atom. The van der Waals surface area contributed by atoms with Crippen LogP contribution in [0.2, 0.25) is 0 Å². The van der Waals surface area contributed by atoms with Crippen molar-refractivity contribution in [1.82, 2.24) is 0 Å². The van der Waals surface area contributed by atoms with Gasteiger partial charge >= 0.3 is 12.1 Å². The van der Waals surface area contributed by atoms with Gasteiger partial charge in [0.25, 0.3) is 0 Å². The van der Waals surface area contributed by atoms with Crippen LogP contribution in [-0.2, 0) is 9.53 Å². The summed E-state index contributed by atoms with van der Waals surface area (Å²) >= 11 is 0. The van der Waals surface area contributed by atoms with Crippen LogP contribution in [0.1, 0.15) is 58.8 Å². The van der Waals surface area contributed by atoms with Gasteiger partial charge in [-0.2, -0.15) is 13.2 Å². The van der Waals surface area contributed by atoms with Crippen LogP contribution in [0.5, 0.6) is 0 Å². The molecule has 2 nitrogen and oxygen atoms in total. The SMILES string of the molecule is CCCCCCCC[C@@H](OC(C)=O)C(F)(F)F. The molecule has 102 valence electrons. The standard InChI is InChI=1S/C12H21F3O2/c1-3-4-5-6-7-8-9-11(12(13,14)15)17-10(2)16/h11H,3-9H2,1-2H3/t11-/m1/s1. The van der Waals surface area contributed by atoms with Crippen molar-refractivity contribution in [1.29, 1.82) is 0 Å². The molecule has 0 aromatic rings. The number of ether oxygens (including phenoxy) is 1. The fourth-order valence-electron chi connectivity index (χ4n) is 1.60. The van der Waals surface area contributed by atoms with Gasteiger partial charge in [-0.15, -0.1) is 0 Å². The molecule has 0 aromatic carbocycles. The second-order valence-corrected chi connectivity index (χ2v) is 4.20. The molecule has 0 aliphatic heterocycles. The summed E-state index contributed by atoms with van der Waals surface area (Å²) in [4.78, 5) is 10.6. The number of rotatable bonds is 8. The van der Waals surface area contributed by atoms with E-state index < -0.39 is 18.2 Å². The van der Waals surface area contributed by atoms with Crippen LogP contribution < -0.4 is 0 Å². The van der Waals surface area contributed by atoms with Crippen LogP contribution in [0.15, 0.2) is 0 Å². The number of halogens is 3. The monoisotopic (exact) mass is 254 g/mol. The Balaban J connectivity index is 3.81. The van der Waals surface area contributed by atoms with E-state index in [4.69, 9.17) is 0 Å². The van der Waals surface area contributed by atoms with Crippen molar-refractivity contribution in [2.75, 3.05) is 0 Å². The molecule has 0 unspecified atom stereocenters. The molecule has 0 spiro atoms. The first-order valence-electron chi connectivity index (χ1n) is 6.11. The largest absolute Gasteiger partial charge is 0.453 e. The smallest absolute Gasteiger partial charge is 0.425 e. The fraction of sp³-hybridized carbons (Fsp3) is 0.917. The van der Waals surface area contributed by atoms with Gasteiger partial charge in [-0.3, -0.25) is 4.79 Å². The average Bonchev–Trinajstić information content (AvgIpc) is 2.19. The summed E-state index contributed by atoms with van der Waals surface area (Å²) in [5, 5.41) is 0. The van der Waals surface area contributed by atoms with E-state index >= 15 is 0 Å². The quantitative estimate of drug-likeness (QED) is 0.478. The van der Waals surface area contributed by atoms with Crippen molar-refractivity contribution in [2.24, 2.45) is 0 Å². The molecular weight excluding hydrogens is 233 g/mol. The number of unbranched alkanes of at least 4 members (excludes halogenated alkanes) is 5. The fourth-order valence-corrected chi connectivity index (χ4v) is 1.60. The van der Waals surface area contributed by atoms with E-state index in [9.17, 15) is 18.0 Å². The van der Waals surface area contributed by atoms with E-state index in [-0.39, 0.29) is 6.42 Å². The van der Waals surface area contributed by atoms with Crippen molar-refractivity contribution in [3.63, 3.8) is 0 Å². The van der Waals surface area contributed by atoms with Crippen LogP contribution in [0.3, 0.4) is 0 Å². The third kappa shape index (κ3) is 9.01. The van der Waals surface area contributed by atoms with E-state index in [1.165, 1.54) is 0 Å². The van der Waals surface area contributed by atoms with Gasteiger partial charge in [-0.05, 0) is 12.8 Å². The number of hydrogen-bond acceptors (Lipinski definition) is 2. The van der Waals surface area contributed by atoms with Crippen molar-refractivity contribution >= 4 is 5.97 Å². The average molecular weight is 254 g/mol. The Morgan fingerprint density at radius 2 is 1.65 bits per heavy atom.